The molecule has 0 radical (unpaired) electrons. The molecule has 0 saturated carbocycles. The Hall–Kier alpha value is -1.89. The summed E-state index contributed by atoms with van der Waals surface area (Å²) in [4.78, 5) is 9.99. The molecule has 0 amide bonds. The number of hydrogen-bond acceptors (Lipinski definition) is 5. The Morgan fingerprint density at radius 3 is 2.67 bits per heavy atom. The van der Waals surface area contributed by atoms with Gasteiger partial charge in [0, 0.05) is 0 Å². The topological polar surface area (TPSA) is 105 Å². The molecule has 7 nitrogen and oxygen atoms in total. The zero-order valence-electron chi connectivity index (χ0n) is 7.48. The van der Waals surface area contributed by atoms with Gasteiger partial charge in [0.05, 0.1) is 10.5 Å². The summed E-state index contributed by atoms with van der Waals surface area (Å²) in [6.45, 7) is 1.47. The van der Waals surface area contributed by atoms with Crippen molar-refractivity contribution in [1.82, 2.24) is 15.4 Å². The number of aromatic amines is 1. The lowest BCUT2D eigenvalue weighted by Crippen LogP contribution is -1.94. The number of phenols is 1. The van der Waals surface area contributed by atoms with E-state index in [0.29, 0.717) is 0 Å². The van der Waals surface area contributed by atoms with Crippen LogP contribution in [0.2, 0.25) is 5.02 Å². The van der Waals surface area contributed by atoms with E-state index in [0.717, 1.165) is 0 Å². The van der Waals surface area contributed by atoms with Gasteiger partial charge in [0.25, 0.3) is 0 Å². The first kappa shape index (κ1) is 9.66. The molecule has 2 rings (SSSR count). The molecule has 0 aliphatic rings. The number of benzene rings is 1. The van der Waals surface area contributed by atoms with Crippen molar-refractivity contribution in [1.29, 1.82) is 0 Å². The Bertz CT molecular complexity index is 565. The number of halogens is 1. The fraction of sp³-hybridized carbons (Fsp3) is 0.143. The van der Waals surface area contributed by atoms with Gasteiger partial charge in [0.1, 0.15) is 16.1 Å². The summed E-state index contributed by atoms with van der Waals surface area (Å²) in [6.07, 6.45) is 0. The van der Waals surface area contributed by atoms with E-state index in [1.165, 1.54) is 6.92 Å². The molecule has 1 heterocycles. The molecule has 0 unspecified atom stereocenters. The molecule has 78 valence electrons. The number of aryl methyl sites for hydroxylation is 1. The number of phenolic OH excluding ortho intramolecular Hbond substituents is 1. The maximum Gasteiger partial charge on any atom is 0.317 e. The van der Waals surface area contributed by atoms with E-state index in [9.17, 15) is 15.2 Å². The third-order valence-corrected chi connectivity index (χ3v) is 2.44. The van der Waals surface area contributed by atoms with Crippen LogP contribution in [0.4, 0.5) is 5.69 Å². The monoisotopic (exact) mass is 228 g/mol. The molecule has 2 N–H and O–H groups in total. The number of aromatic hydroxyl groups is 1. The van der Waals surface area contributed by atoms with Crippen molar-refractivity contribution >= 4 is 28.3 Å². The predicted octanol–water partition coefficient (Wildman–Crippen LogP) is 1.53. The minimum absolute atomic E-state index is 0.170. The van der Waals surface area contributed by atoms with Gasteiger partial charge in [0.2, 0.25) is 5.75 Å². The normalized spacial score (nSPS) is 10.8. The Morgan fingerprint density at radius 1 is 1.47 bits per heavy atom. The number of nitrogens with zero attached hydrogens (tertiary/aromatic N) is 3. The van der Waals surface area contributed by atoms with Crippen molar-refractivity contribution < 1.29 is 10.0 Å². The Morgan fingerprint density at radius 2 is 2.07 bits per heavy atom. The van der Waals surface area contributed by atoms with E-state index in [4.69, 9.17) is 11.6 Å². The maximum atomic E-state index is 10.7. The fourth-order valence-electron chi connectivity index (χ4n) is 1.37. The van der Waals surface area contributed by atoms with Crippen LogP contribution in [-0.2, 0) is 0 Å². The summed E-state index contributed by atoms with van der Waals surface area (Å²) >= 11 is 5.71. The summed E-state index contributed by atoms with van der Waals surface area (Å²) in [7, 11) is 0. The van der Waals surface area contributed by atoms with Crippen LogP contribution < -0.4 is 0 Å². The molecular formula is C7H5ClN4O3. The SMILES string of the molecule is Cc1c([N+](=O)[O-])c(O)c(Cl)c2n[nH]nc12. The molecule has 0 aliphatic carbocycles. The Balaban J connectivity index is 2.98. The van der Waals surface area contributed by atoms with Crippen LogP contribution in [0.5, 0.6) is 5.75 Å². The molecule has 8 heteroatoms. The summed E-state index contributed by atoms with van der Waals surface area (Å²) in [5.41, 5.74) is 0.286. The molecule has 0 aliphatic heterocycles. The average Bonchev–Trinajstić information content (AvgIpc) is 2.62. The van der Waals surface area contributed by atoms with E-state index in [1.807, 2.05) is 0 Å². The second-order valence-corrected chi connectivity index (χ2v) is 3.29. The highest BCUT2D eigenvalue weighted by atomic mass is 35.5. The zero-order valence-corrected chi connectivity index (χ0v) is 8.24. The number of fused-ring (bicyclic) bond motifs is 1. The van der Waals surface area contributed by atoms with E-state index in [1.54, 1.807) is 0 Å². The van der Waals surface area contributed by atoms with Crippen molar-refractivity contribution in [2.75, 3.05) is 0 Å². The second-order valence-electron chi connectivity index (χ2n) is 2.91. The molecule has 0 spiro atoms. The Kier molecular flexibility index (Phi) is 1.97. The number of nitro benzene ring substituents is 1. The van der Waals surface area contributed by atoms with Gasteiger partial charge < -0.3 is 5.11 Å². The summed E-state index contributed by atoms with van der Waals surface area (Å²) in [5.74, 6) is -0.583. The van der Waals surface area contributed by atoms with Crippen molar-refractivity contribution in [3.05, 3.63) is 20.7 Å². The molecule has 0 atom stereocenters. The largest absolute Gasteiger partial charge is 0.501 e. The van der Waals surface area contributed by atoms with Gasteiger partial charge in [-0.25, -0.2) is 0 Å². The first-order valence-electron chi connectivity index (χ1n) is 3.90. The second kappa shape index (κ2) is 3.06. The number of nitrogens with one attached hydrogen (secondary N) is 1. The first-order valence-corrected chi connectivity index (χ1v) is 4.27. The predicted molar refractivity (Wildman–Crippen MR) is 52.0 cm³/mol. The highest BCUT2D eigenvalue weighted by Gasteiger charge is 2.26. The quantitative estimate of drug-likeness (QED) is 0.569. The molecular weight excluding hydrogens is 224 g/mol. The van der Waals surface area contributed by atoms with E-state index in [-0.39, 0.29) is 21.6 Å². The molecule has 0 bridgehead atoms. The third-order valence-electron chi connectivity index (χ3n) is 2.08. The summed E-state index contributed by atoms with van der Waals surface area (Å²) < 4.78 is 0. The van der Waals surface area contributed by atoms with Gasteiger partial charge in [-0.1, -0.05) is 11.6 Å². The molecule has 0 saturated heterocycles. The molecule has 1 aromatic carbocycles. The highest BCUT2D eigenvalue weighted by molar-refractivity contribution is 6.37. The zero-order chi connectivity index (χ0) is 11.2. The number of nitro groups is 1. The maximum absolute atomic E-state index is 10.7. The number of H-pyrrole nitrogens is 1. The fourth-order valence-corrected chi connectivity index (χ4v) is 1.60. The molecule has 0 fully saturated rings. The van der Waals surface area contributed by atoms with Crippen LogP contribution in [0, 0.1) is 17.0 Å². The van der Waals surface area contributed by atoms with Crippen molar-refractivity contribution in [3.8, 4) is 5.75 Å². The number of hydrogen-bond donors (Lipinski definition) is 2. The molecule has 15 heavy (non-hydrogen) atoms. The lowest BCUT2D eigenvalue weighted by atomic mass is 10.1. The lowest BCUT2D eigenvalue weighted by Gasteiger charge is -2.02. The van der Waals surface area contributed by atoms with Crippen LogP contribution in [0.3, 0.4) is 0 Å². The highest BCUT2D eigenvalue weighted by Crippen LogP contribution is 2.41. The summed E-state index contributed by atoms with van der Waals surface area (Å²) in [6, 6.07) is 0. The van der Waals surface area contributed by atoms with Crippen molar-refractivity contribution in [2.24, 2.45) is 0 Å². The van der Waals surface area contributed by atoms with Crippen molar-refractivity contribution in [2.45, 2.75) is 6.92 Å². The van der Waals surface area contributed by atoms with Crippen LogP contribution in [-0.4, -0.2) is 25.4 Å². The number of aromatic nitrogens is 3. The van der Waals surface area contributed by atoms with Gasteiger partial charge in [0.15, 0.2) is 0 Å². The Labute approximate surface area is 87.8 Å². The van der Waals surface area contributed by atoms with Crippen LogP contribution in [0.1, 0.15) is 5.56 Å². The first-order chi connectivity index (χ1) is 7.04. The van der Waals surface area contributed by atoms with Crippen LogP contribution in [0.25, 0.3) is 11.0 Å². The van der Waals surface area contributed by atoms with Gasteiger partial charge in [-0.2, -0.15) is 15.4 Å². The minimum atomic E-state index is -0.704. The standard InChI is InChI=1S/C7H5ClN4O3/c1-2-4-5(10-11-9-4)3(8)7(13)6(2)12(14)15/h13H,1H3,(H,9,10,11). The van der Waals surface area contributed by atoms with Crippen LogP contribution in [0.15, 0.2) is 0 Å². The van der Waals surface area contributed by atoms with E-state index in [2.05, 4.69) is 15.4 Å². The minimum Gasteiger partial charge on any atom is -0.501 e. The molecule has 2 aromatic rings. The third kappa shape index (κ3) is 1.20. The lowest BCUT2D eigenvalue weighted by molar-refractivity contribution is -0.386. The van der Waals surface area contributed by atoms with E-state index < -0.39 is 16.4 Å². The average molecular weight is 229 g/mol. The number of rotatable bonds is 1. The smallest absolute Gasteiger partial charge is 0.317 e. The van der Waals surface area contributed by atoms with Crippen molar-refractivity contribution in [3.63, 3.8) is 0 Å². The van der Waals surface area contributed by atoms with Gasteiger partial charge in [-0.15, -0.1) is 0 Å². The summed E-state index contributed by atoms with van der Waals surface area (Å²) in [5, 5.41) is 29.7. The van der Waals surface area contributed by atoms with E-state index >= 15 is 0 Å². The van der Waals surface area contributed by atoms with Crippen LogP contribution >= 0.6 is 11.6 Å². The van der Waals surface area contributed by atoms with Gasteiger partial charge >= 0.3 is 5.69 Å². The van der Waals surface area contributed by atoms with Gasteiger partial charge in [-0.05, 0) is 6.92 Å². The van der Waals surface area contributed by atoms with Gasteiger partial charge in [-0.3, -0.25) is 10.1 Å². The molecule has 1 aromatic heterocycles.